The van der Waals surface area contributed by atoms with Crippen molar-refractivity contribution in [1.29, 1.82) is 0 Å². The molecule has 0 spiro atoms. The lowest BCUT2D eigenvalue weighted by Crippen LogP contribution is -2.43. The molecule has 1 aliphatic rings. The maximum atomic E-state index is 13.3. The molecule has 1 atom stereocenters. The van der Waals surface area contributed by atoms with Gasteiger partial charge in [-0.05, 0) is 40.8 Å². The molecule has 3 nitrogen and oxygen atoms in total. The van der Waals surface area contributed by atoms with E-state index < -0.39 is 0 Å². The molecule has 1 N–H and O–H groups in total. The summed E-state index contributed by atoms with van der Waals surface area (Å²) in [7, 11) is 0. The van der Waals surface area contributed by atoms with Crippen LogP contribution in [0.4, 0.5) is 11.4 Å². The molecule has 0 aromatic heterocycles. The van der Waals surface area contributed by atoms with Gasteiger partial charge in [-0.3, -0.25) is 9.69 Å². The number of nitrogens with one attached hydrogen (secondary N) is 1. The molecule has 1 aliphatic heterocycles. The van der Waals surface area contributed by atoms with E-state index in [1.165, 1.54) is 5.56 Å². The van der Waals surface area contributed by atoms with Crippen LogP contribution in [0.5, 0.6) is 0 Å². The van der Waals surface area contributed by atoms with Gasteiger partial charge in [0.1, 0.15) is 6.17 Å². The topological polar surface area (TPSA) is 32.3 Å². The van der Waals surface area contributed by atoms with E-state index in [1.54, 1.807) is 0 Å². The second-order valence-electron chi connectivity index (χ2n) is 7.98. The van der Waals surface area contributed by atoms with Gasteiger partial charge in [-0.1, -0.05) is 75.4 Å². The lowest BCUT2D eigenvalue weighted by atomic mass is 9.86. The number of benzene rings is 3. The Hall–Kier alpha value is -3.07. The number of nitrogens with zero attached hydrogens (tertiary/aromatic N) is 1. The highest BCUT2D eigenvalue weighted by Gasteiger charge is 2.33. The van der Waals surface area contributed by atoms with E-state index in [2.05, 4.69) is 50.4 Å². The number of anilines is 2. The molecule has 4 rings (SSSR count). The fraction of sp³-hybridized carbons (Fsp3) is 0.208. The van der Waals surface area contributed by atoms with Gasteiger partial charge >= 0.3 is 0 Å². The van der Waals surface area contributed by atoms with Crippen LogP contribution in [0.25, 0.3) is 0 Å². The summed E-state index contributed by atoms with van der Waals surface area (Å²) < 4.78 is 0. The van der Waals surface area contributed by atoms with Crippen LogP contribution in [0.1, 0.15) is 48.4 Å². The normalized spacial score (nSPS) is 16.6. The Morgan fingerprint density at radius 3 is 2.11 bits per heavy atom. The summed E-state index contributed by atoms with van der Waals surface area (Å²) in [6, 6.07) is 26.1. The molecular formula is C24H24N2O. The number of rotatable bonds is 2. The predicted octanol–water partition coefficient (Wildman–Crippen LogP) is 5.76. The zero-order chi connectivity index (χ0) is 19.0. The van der Waals surface area contributed by atoms with E-state index in [1.807, 2.05) is 59.5 Å². The van der Waals surface area contributed by atoms with Gasteiger partial charge < -0.3 is 5.32 Å². The molecular weight excluding hydrogens is 332 g/mol. The van der Waals surface area contributed by atoms with Gasteiger partial charge in [0.15, 0.2) is 0 Å². The fourth-order valence-electron chi connectivity index (χ4n) is 3.51. The van der Waals surface area contributed by atoms with E-state index in [0.29, 0.717) is 5.56 Å². The maximum absolute atomic E-state index is 13.3. The molecule has 0 aliphatic carbocycles. The SMILES string of the molecule is CC(C)(C)c1ccc([C@@H]2Nc3ccccc3C(=O)N2c2ccccc2)cc1. The Balaban J connectivity index is 1.80. The highest BCUT2D eigenvalue weighted by atomic mass is 16.2. The minimum atomic E-state index is -0.246. The average Bonchev–Trinajstić information content (AvgIpc) is 2.68. The molecule has 1 amide bonds. The maximum Gasteiger partial charge on any atom is 0.262 e. The number of para-hydroxylation sites is 2. The second kappa shape index (κ2) is 6.58. The van der Waals surface area contributed by atoms with Crippen LogP contribution in [0.3, 0.4) is 0 Å². The highest BCUT2D eigenvalue weighted by molar-refractivity contribution is 6.12. The van der Waals surface area contributed by atoms with Crippen LogP contribution in [0.15, 0.2) is 78.9 Å². The number of carbonyl (C=O) groups excluding carboxylic acids is 1. The van der Waals surface area contributed by atoms with E-state index >= 15 is 0 Å². The van der Waals surface area contributed by atoms with E-state index in [0.717, 1.165) is 16.9 Å². The van der Waals surface area contributed by atoms with Crippen LogP contribution < -0.4 is 10.2 Å². The van der Waals surface area contributed by atoms with Gasteiger partial charge in [-0.2, -0.15) is 0 Å². The molecule has 0 radical (unpaired) electrons. The fourth-order valence-corrected chi connectivity index (χ4v) is 3.51. The Kier molecular flexibility index (Phi) is 4.23. The van der Waals surface area contributed by atoms with Crippen LogP contribution >= 0.6 is 0 Å². The Morgan fingerprint density at radius 2 is 1.44 bits per heavy atom. The molecule has 0 unspecified atom stereocenters. The highest BCUT2D eigenvalue weighted by Crippen LogP contribution is 2.37. The zero-order valence-electron chi connectivity index (χ0n) is 15.9. The van der Waals surface area contributed by atoms with E-state index in [-0.39, 0.29) is 17.5 Å². The van der Waals surface area contributed by atoms with Crippen molar-refractivity contribution in [3.8, 4) is 0 Å². The predicted molar refractivity (Wildman–Crippen MR) is 111 cm³/mol. The summed E-state index contributed by atoms with van der Waals surface area (Å²) >= 11 is 0. The van der Waals surface area contributed by atoms with Gasteiger partial charge in [0.25, 0.3) is 5.91 Å². The van der Waals surface area contributed by atoms with Gasteiger partial charge in [0, 0.05) is 11.4 Å². The average molecular weight is 356 g/mol. The summed E-state index contributed by atoms with van der Waals surface area (Å²) in [5, 5.41) is 3.56. The van der Waals surface area contributed by atoms with E-state index in [4.69, 9.17) is 0 Å². The standard InChI is InChI=1S/C24H24N2O/c1-24(2,3)18-15-13-17(14-16-18)22-25-21-12-8-7-11-20(21)23(27)26(22)19-9-5-4-6-10-19/h4-16,22,25H,1-3H3/t22-/m1/s1. The third kappa shape index (κ3) is 3.21. The lowest BCUT2D eigenvalue weighted by Gasteiger charge is -2.38. The molecule has 1 heterocycles. The van der Waals surface area contributed by atoms with Gasteiger partial charge in [0.2, 0.25) is 0 Å². The molecule has 3 aromatic rings. The summed E-state index contributed by atoms with van der Waals surface area (Å²) in [4.78, 5) is 15.2. The van der Waals surface area contributed by atoms with Crippen molar-refractivity contribution in [2.24, 2.45) is 0 Å². The number of fused-ring (bicyclic) bond motifs is 1. The van der Waals surface area contributed by atoms with Crippen molar-refractivity contribution in [3.63, 3.8) is 0 Å². The third-order valence-corrected chi connectivity index (χ3v) is 5.05. The van der Waals surface area contributed by atoms with Gasteiger partial charge in [0.05, 0.1) is 5.56 Å². The van der Waals surface area contributed by atoms with Gasteiger partial charge in [-0.25, -0.2) is 0 Å². The number of hydrogen-bond donors (Lipinski definition) is 1. The summed E-state index contributed by atoms with van der Waals surface area (Å²) in [5.41, 5.74) is 4.90. The first-order valence-electron chi connectivity index (χ1n) is 9.30. The van der Waals surface area contributed by atoms with Crippen molar-refractivity contribution in [3.05, 3.63) is 95.6 Å². The number of carbonyl (C=O) groups is 1. The summed E-state index contributed by atoms with van der Waals surface area (Å²) in [6.45, 7) is 6.62. The quantitative estimate of drug-likeness (QED) is 0.633. The van der Waals surface area contributed by atoms with Gasteiger partial charge in [-0.15, -0.1) is 0 Å². The molecule has 0 saturated carbocycles. The number of hydrogen-bond acceptors (Lipinski definition) is 2. The molecule has 136 valence electrons. The first-order valence-corrected chi connectivity index (χ1v) is 9.30. The van der Waals surface area contributed by atoms with Crippen molar-refractivity contribution in [2.75, 3.05) is 10.2 Å². The van der Waals surface area contributed by atoms with Crippen molar-refractivity contribution < 1.29 is 4.79 Å². The largest absolute Gasteiger partial charge is 0.360 e. The minimum Gasteiger partial charge on any atom is -0.360 e. The van der Waals surface area contributed by atoms with Crippen molar-refractivity contribution in [1.82, 2.24) is 0 Å². The van der Waals surface area contributed by atoms with Crippen LogP contribution in [0, 0.1) is 0 Å². The Labute approximate surface area is 160 Å². The monoisotopic (exact) mass is 356 g/mol. The smallest absolute Gasteiger partial charge is 0.262 e. The zero-order valence-corrected chi connectivity index (χ0v) is 15.9. The molecule has 3 heteroatoms. The van der Waals surface area contributed by atoms with Crippen LogP contribution in [-0.4, -0.2) is 5.91 Å². The summed E-state index contributed by atoms with van der Waals surface area (Å²) in [6.07, 6.45) is -0.246. The lowest BCUT2D eigenvalue weighted by molar-refractivity contribution is 0.0975. The molecule has 0 bridgehead atoms. The third-order valence-electron chi connectivity index (χ3n) is 5.05. The van der Waals surface area contributed by atoms with Crippen LogP contribution in [0.2, 0.25) is 0 Å². The van der Waals surface area contributed by atoms with Crippen LogP contribution in [-0.2, 0) is 5.41 Å². The van der Waals surface area contributed by atoms with Crippen molar-refractivity contribution >= 4 is 17.3 Å². The Bertz CT molecular complexity index is 956. The molecule has 27 heavy (non-hydrogen) atoms. The van der Waals surface area contributed by atoms with Crippen molar-refractivity contribution in [2.45, 2.75) is 32.4 Å². The molecule has 3 aromatic carbocycles. The molecule has 0 saturated heterocycles. The minimum absolute atomic E-state index is 0.0143. The first kappa shape index (κ1) is 17.3. The number of amides is 1. The van der Waals surface area contributed by atoms with E-state index in [9.17, 15) is 4.79 Å². The Morgan fingerprint density at radius 1 is 0.815 bits per heavy atom. The summed E-state index contributed by atoms with van der Waals surface area (Å²) in [5.74, 6) is 0.0143. The second-order valence-corrected chi connectivity index (χ2v) is 7.98. The molecule has 0 fully saturated rings. The first-order chi connectivity index (χ1) is 12.9.